The Balaban J connectivity index is 2.42. The van der Waals surface area contributed by atoms with Crippen LogP contribution in [0.5, 0.6) is 0 Å². The average molecular weight is 362 g/mol. The van der Waals surface area contributed by atoms with E-state index in [0.717, 1.165) is 6.07 Å². The summed E-state index contributed by atoms with van der Waals surface area (Å²) in [6.45, 7) is -1.33. The van der Waals surface area contributed by atoms with Crippen molar-refractivity contribution in [3.8, 4) is 0 Å². The lowest BCUT2D eigenvalue weighted by molar-refractivity contribution is 0.0322. The van der Waals surface area contributed by atoms with Gasteiger partial charge in [0.2, 0.25) is 16.9 Å². The summed E-state index contributed by atoms with van der Waals surface area (Å²) in [5, 5.41) is 4.92. The van der Waals surface area contributed by atoms with E-state index in [1.165, 1.54) is 12.3 Å². The third-order valence-electron chi connectivity index (χ3n) is 3.09. The fourth-order valence-electron chi connectivity index (χ4n) is 2.05. The second kappa shape index (κ2) is 7.12. The molecule has 124 valence electrons. The third kappa shape index (κ3) is 4.31. The number of benzene rings is 1. The normalized spacial score (nSPS) is 11.4. The van der Waals surface area contributed by atoms with Crippen LogP contribution in [0.3, 0.4) is 0 Å². The molecule has 0 aliphatic carbocycles. The smallest absolute Gasteiger partial charge is 0.340 e. The molecular weight excluding hydrogens is 349 g/mol. The SMILES string of the molecule is NS(=O)(=O)c1cc(C(=O)OCF)c(CCc2ccco2)cc1Cl. The van der Waals surface area contributed by atoms with Crippen molar-refractivity contribution in [1.29, 1.82) is 0 Å². The molecule has 0 amide bonds. The molecule has 0 spiro atoms. The summed E-state index contributed by atoms with van der Waals surface area (Å²) in [5.41, 5.74) is 0.292. The number of nitrogens with two attached hydrogens (primary N) is 1. The molecule has 9 heteroatoms. The van der Waals surface area contributed by atoms with E-state index >= 15 is 0 Å². The summed E-state index contributed by atoms with van der Waals surface area (Å²) in [6, 6.07) is 5.76. The molecule has 2 N–H and O–H groups in total. The predicted octanol–water partition coefficient (Wildman–Crippen LogP) is 2.45. The van der Waals surface area contributed by atoms with Crippen LogP contribution in [0.4, 0.5) is 4.39 Å². The Hall–Kier alpha value is -1.90. The van der Waals surface area contributed by atoms with Crippen LogP contribution in [0.1, 0.15) is 21.7 Å². The zero-order valence-corrected chi connectivity index (χ0v) is 13.4. The van der Waals surface area contributed by atoms with Crippen molar-refractivity contribution in [3.05, 3.63) is 52.4 Å². The molecule has 0 bridgehead atoms. The highest BCUT2D eigenvalue weighted by atomic mass is 35.5. The van der Waals surface area contributed by atoms with Crippen LogP contribution in [-0.4, -0.2) is 21.2 Å². The lowest BCUT2D eigenvalue weighted by atomic mass is 10.0. The molecule has 1 aromatic heterocycles. The van der Waals surface area contributed by atoms with Crippen molar-refractivity contribution in [3.63, 3.8) is 0 Å². The Bertz CT molecular complexity index is 805. The topological polar surface area (TPSA) is 99.6 Å². The van der Waals surface area contributed by atoms with Gasteiger partial charge in [-0.2, -0.15) is 0 Å². The number of rotatable bonds is 6. The first kappa shape index (κ1) is 17.5. The minimum absolute atomic E-state index is 0.109. The molecule has 0 atom stereocenters. The number of ether oxygens (including phenoxy) is 1. The maximum atomic E-state index is 12.3. The second-order valence-electron chi connectivity index (χ2n) is 4.61. The van der Waals surface area contributed by atoms with E-state index in [1.807, 2.05) is 0 Å². The van der Waals surface area contributed by atoms with Gasteiger partial charge in [0.25, 0.3) is 0 Å². The van der Waals surface area contributed by atoms with E-state index in [2.05, 4.69) is 4.74 Å². The number of hydrogen-bond acceptors (Lipinski definition) is 5. The number of esters is 1. The Labute approximate surface area is 137 Å². The minimum Gasteiger partial charge on any atom is -0.469 e. The van der Waals surface area contributed by atoms with E-state index in [4.69, 9.17) is 21.2 Å². The molecule has 0 fully saturated rings. The largest absolute Gasteiger partial charge is 0.469 e. The molecule has 1 aromatic carbocycles. The lowest BCUT2D eigenvalue weighted by Crippen LogP contribution is -2.16. The molecule has 0 aliphatic rings. The number of alkyl halides is 1. The quantitative estimate of drug-likeness (QED) is 0.796. The highest BCUT2D eigenvalue weighted by molar-refractivity contribution is 7.89. The van der Waals surface area contributed by atoms with Crippen LogP contribution < -0.4 is 5.14 Å². The van der Waals surface area contributed by atoms with Crippen molar-refractivity contribution in [2.24, 2.45) is 5.14 Å². The average Bonchev–Trinajstić information content (AvgIpc) is 2.97. The van der Waals surface area contributed by atoms with E-state index in [-0.39, 0.29) is 10.6 Å². The van der Waals surface area contributed by atoms with Crippen molar-refractivity contribution in [2.75, 3.05) is 6.86 Å². The fourth-order valence-corrected chi connectivity index (χ4v) is 3.17. The minimum atomic E-state index is -4.13. The molecule has 23 heavy (non-hydrogen) atoms. The number of hydrogen-bond donors (Lipinski definition) is 1. The van der Waals surface area contributed by atoms with Crippen LogP contribution in [0.25, 0.3) is 0 Å². The molecular formula is C14H13ClFNO5S. The summed E-state index contributed by atoms with van der Waals surface area (Å²) < 4.78 is 44.7. The molecule has 0 saturated carbocycles. The molecule has 2 rings (SSSR count). The number of furan rings is 1. The standard InChI is InChI=1S/C14H13ClFNO5S/c15-12-6-9(3-4-10-2-1-5-21-10)11(14(18)22-8-16)7-13(12)23(17,19)20/h1-2,5-7H,3-4,8H2,(H2,17,19,20). The van der Waals surface area contributed by atoms with Crippen LogP contribution in [0.2, 0.25) is 5.02 Å². The van der Waals surface area contributed by atoms with Crippen LogP contribution in [0, 0.1) is 0 Å². The number of carbonyl (C=O) groups is 1. The molecule has 0 unspecified atom stereocenters. The Morgan fingerprint density at radius 2 is 2.09 bits per heavy atom. The fraction of sp³-hybridized carbons (Fsp3) is 0.214. The first-order chi connectivity index (χ1) is 10.8. The van der Waals surface area contributed by atoms with E-state index < -0.39 is 27.7 Å². The zero-order chi connectivity index (χ0) is 17.0. The van der Waals surface area contributed by atoms with Crippen molar-refractivity contribution in [2.45, 2.75) is 17.7 Å². The monoisotopic (exact) mass is 361 g/mol. The van der Waals surface area contributed by atoms with Gasteiger partial charge in [-0.15, -0.1) is 0 Å². The zero-order valence-electron chi connectivity index (χ0n) is 11.8. The van der Waals surface area contributed by atoms with E-state index in [9.17, 15) is 17.6 Å². The van der Waals surface area contributed by atoms with Gasteiger partial charge in [-0.25, -0.2) is 22.7 Å². The van der Waals surface area contributed by atoms with Crippen molar-refractivity contribution in [1.82, 2.24) is 0 Å². The molecule has 6 nitrogen and oxygen atoms in total. The summed E-state index contributed by atoms with van der Waals surface area (Å²) in [5.74, 6) is -0.329. The summed E-state index contributed by atoms with van der Waals surface area (Å²) in [7, 11) is -4.13. The van der Waals surface area contributed by atoms with E-state index in [1.54, 1.807) is 12.1 Å². The Morgan fingerprint density at radius 3 is 2.65 bits per heavy atom. The predicted molar refractivity (Wildman–Crippen MR) is 80.3 cm³/mol. The third-order valence-corrected chi connectivity index (χ3v) is 4.47. The molecule has 0 saturated heterocycles. The molecule has 2 aromatic rings. The highest BCUT2D eigenvalue weighted by Gasteiger charge is 2.21. The van der Waals surface area contributed by atoms with Gasteiger partial charge in [0.05, 0.1) is 16.8 Å². The van der Waals surface area contributed by atoms with Gasteiger partial charge in [-0.1, -0.05) is 11.6 Å². The summed E-state index contributed by atoms with van der Waals surface area (Å²) in [4.78, 5) is 11.4. The van der Waals surface area contributed by atoms with Crippen LogP contribution >= 0.6 is 11.6 Å². The van der Waals surface area contributed by atoms with Gasteiger partial charge < -0.3 is 9.15 Å². The molecule has 0 radical (unpaired) electrons. The van der Waals surface area contributed by atoms with Gasteiger partial charge in [-0.3, -0.25) is 0 Å². The lowest BCUT2D eigenvalue weighted by Gasteiger charge is -2.11. The number of carbonyl (C=O) groups excluding carboxylic acids is 1. The van der Waals surface area contributed by atoms with Crippen LogP contribution in [0.15, 0.2) is 39.8 Å². The van der Waals surface area contributed by atoms with Gasteiger partial charge in [0.15, 0.2) is 0 Å². The summed E-state index contributed by atoms with van der Waals surface area (Å²) in [6.07, 6.45) is 2.26. The molecule has 1 heterocycles. The van der Waals surface area contributed by atoms with Gasteiger partial charge in [0, 0.05) is 6.42 Å². The van der Waals surface area contributed by atoms with Gasteiger partial charge in [-0.05, 0) is 36.2 Å². The Kier molecular flexibility index (Phi) is 5.40. The van der Waals surface area contributed by atoms with Crippen molar-refractivity contribution < 1.29 is 26.8 Å². The number of halogens is 2. The number of aryl methyl sites for hydroxylation is 2. The van der Waals surface area contributed by atoms with E-state index in [0.29, 0.717) is 24.2 Å². The first-order valence-electron chi connectivity index (χ1n) is 6.43. The maximum absolute atomic E-state index is 12.3. The second-order valence-corrected chi connectivity index (χ2v) is 6.54. The molecule has 0 aliphatic heterocycles. The first-order valence-corrected chi connectivity index (χ1v) is 8.36. The van der Waals surface area contributed by atoms with Crippen LogP contribution in [-0.2, 0) is 27.6 Å². The van der Waals surface area contributed by atoms with Crippen molar-refractivity contribution >= 4 is 27.6 Å². The Morgan fingerprint density at radius 1 is 1.35 bits per heavy atom. The van der Waals surface area contributed by atoms with Gasteiger partial charge in [0.1, 0.15) is 10.7 Å². The highest BCUT2D eigenvalue weighted by Crippen LogP contribution is 2.26. The summed E-state index contributed by atoms with van der Waals surface area (Å²) >= 11 is 5.92. The number of primary sulfonamides is 1. The maximum Gasteiger partial charge on any atom is 0.340 e. The van der Waals surface area contributed by atoms with Gasteiger partial charge >= 0.3 is 5.97 Å². The number of sulfonamides is 1.